The second kappa shape index (κ2) is 5.14. The Bertz CT molecular complexity index is 306. The van der Waals surface area contributed by atoms with Crippen molar-refractivity contribution < 1.29 is 4.79 Å². The number of thioether (sulfide) groups is 1. The van der Waals surface area contributed by atoms with E-state index in [1.165, 1.54) is 11.8 Å². The molecule has 0 aliphatic carbocycles. The fraction of sp³-hybridized carbons (Fsp3) is 0.200. The second-order valence-electron chi connectivity index (χ2n) is 2.57. The van der Waals surface area contributed by atoms with Crippen LogP contribution in [-0.2, 0) is 0 Å². The van der Waals surface area contributed by atoms with E-state index in [1.54, 1.807) is 0 Å². The second-order valence-corrected chi connectivity index (χ2v) is 4.63. The van der Waals surface area contributed by atoms with Crippen LogP contribution in [0.5, 0.6) is 0 Å². The van der Waals surface area contributed by atoms with Crippen molar-refractivity contribution in [2.75, 3.05) is 5.75 Å². The lowest BCUT2D eigenvalue weighted by atomic mass is 10.2. The minimum atomic E-state index is 0.134. The van der Waals surface area contributed by atoms with Crippen molar-refractivity contribution >= 4 is 34.0 Å². The monoisotopic (exact) mass is 210 g/mol. The molecule has 1 nitrogen and oxygen atoms in total. The Morgan fingerprint density at radius 2 is 2.00 bits per heavy atom. The molecule has 13 heavy (non-hydrogen) atoms. The van der Waals surface area contributed by atoms with Gasteiger partial charge in [0.25, 0.3) is 0 Å². The molecule has 0 unspecified atom stereocenters. The Balaban J connectivity index is 2.54. The maximum atomic E-state index is 11.5. The number of carbonyl (C=O) groups excluding carboxylic acids is 1. The number of hydrogen-bond acceptors (Lipinski definition) is 3. The topological polar surface area (TPSA) is 17.1 Å². The van der Waals surface area contributed by atoms with Crippen molar-refractivity contribution in [1.82, 2.24) is 0 Å². The minimum Gasteiger partial charge on any atom is -0.293 e. The zero-order valence-electron chi connectivity index (χ0n) is 7.32. The molecule has 0 atom stereocenters. The Kier molecular flexibility index (Phi) is 4.12. The average Bonchev–Trinajstić information content (AvgIpc) is 2.15. The third-order valence-corrected chi connectivity index (χ3v) is 2.67. The summed E-state index contributed by atoms with van der Waals surface area (Å²) in [6.45, 7) is 1.83. The first-order chi connectivity index (χ1) is 6.20. The van der Waals surface area contributed by atoms with Crippen LogP contribution in [0.25, 0.3) is 0 Å². The van der Waals surface area contributed by atoms with Crippen molar-refractivity contribution in [2.45, 2.75) is 6.92 Å². The smallest absolute Gasteiger partial charge is 0.173 e. The lowest BCUT2D eigenvalue weighted by molar-refractivity contribution is 0.102. The summed E-state index contributed by atoms with van der Waals surface area (Å²) < 4.78 is 0.810. The summed E-state index contributed by atoms with van der Waals surface area (Å²) in [7, 11) is 0. The number of Topliss-reactive ketones (excluding diaryl/α,β-unsaturated/α-hetero) is 1. The lowest BCUT2D eigenvalue weighted by Crippen LogP contribution is -2.02. The SMILES string of the molecule is CC(=S)SCC(=O)c1ccccc1. The van der Waals surface area contributed by atoms with E-state index in [2.05, 4.69) is 0 Å². The molecule has 0 fully saturated rings. The molecule has 3 heteroatoms. The molecule has 0 N–H and O–H groups in total. The molecular formula is C10H10OS2. The van der Waals surface area contributed by atoms with Gasteiger partial charge in [-0.2, -0.15) is 0 Å². The van der Waals surface area contributed by atoms with E-state index in [1.807, 2.05) is 37.3 Å². The molecule has 68 valence electrons. The summed E-state index contributed by atoms with van der Waals surface area (Å²) >= 11 is 6.29. The number of ketones is 1. The third-order valence-electron chi connectivity index (χ3n) is 1.50. The van der Waals surface area contributed by atoms with E-state index >= 15 is 0 Å². The van der Waals surface area contributed by atoms with E-state index in [4.69, 9.17) is 12.2 Å². The van der Waals surface area contributed by atoms with Gasteiger partial charge in [0.1, 0.15) is 0 Å². The molecule has 0 saturated heterocycles. The van der Waals surface area contributed by atoms with Gasteiger partial charge in [0.2, 0.25) is 0 Å². The maximum Gasteiger partial charge on any atom is 0.173 e. The van der Waals surface area contributed by atoms with E-state index in [-0.39, 0.29) is 5.78 Å². The lowest BCUT2D eigenvalue weighted by Gasteiger charge is -1.98. The standard InChI is InChI=1S/C10H10OS2/c1-8(12)13-7-10(11)9-5-3-2-4-6-9/h2-6H,7H2,1H3. The first-order valence-corrected chi connectivity index (χ1v) is 5.31. The maximum absolute atomic E-state index is 11.5. The highest BCUT2D eigenvalue weighted by atomic mass is 32.2. The van der Waals surface area contributed by atoms with Crippen LogP contribution in [0.1, 0.15) is 17.3 Å². The van der Waals surface area contributed by atoms with Crippen LogP contribution in [0, 0.1) is 0 Å². The highest BCUT2D eigenvalue weighted by molar-refractivity contribution is 8.23. The zero-order chi connectivity index (χ0) is 9.68. The third kappa shape index (κ3) is 3.70. The number of thiocarbonyl (C=S) groups is 1. The van der Waals surface area contributed by atoms with Gasteiger partial charge in [0, 0.05) is 9.76 Å². The predicted molar refractivity (Wildman–Crippen MR) is 61.5 cm³/mol. The quantitative estimate of drug-likeness (QED) is 0.564. The summed E-state index contributed by atoms with van der Waals surface area (Å²) in [5.74, 6) is 0.578. The van der Waals surface area contributed by atoms with Gasteiger partial charge in [-0.1, -0.05) is 42.5 Å². The minimum absolute atomic E-state index is 0.134. The van der Waals surface area contributed by atoms with Crippen LogP contribution in [-0.4, -0.2) is 15.7 Å². The van der Waals surface area contributed by atoms with Crippen molar-refractivity contribution in [2.24, 2.45) is 0 Å². The van der Waals surface area contributed by atoms with Gasteiger partial charge in [0.15, 0.2) is 5.78 Å². The molecule has 0 amide bonds. The van der Waals surface area contributed by atoms with Gasteiger partial charge in [-0.25, -0.2) is 0 Å². The van der Waals surface area contributed by atoms with Gasteiger partial charge in [-0.15, -0.1) is 11.8 Å². The largest absolute Gasteiger partial charge is 0.293 e. The van der Waals surface area contributed by atoms with Crippen LogP contribution in [0.4, 0.5) is 0 Å². The first kappa shape index (κ1) is 10.4. The summed E-state index contributed by atoms with van der Waals surface area (Å²) in [6.07, 6.45) is 0. The molecule has 0 aliphatic heterocycles. The molecule has 0 radical (unpaired) electrons. The summed E-state index contributed by atoms with van der Waals surface area (Å²) in [4.78, 5) is 11.5. The molecule has 0 aromatic heterocycles. The highest BCUT2D eigenvalue weighted by Crippen LogP contribution is 2.08. The van der Waals surface area contributed by atoms with Crippen LogP contribution >= 0.6 is 24.0 Å². The summed E-state index contributed by atoms with van der Waals surface area (Å²) in [5.41, 5.74) is 0.756. The molecule has 0 heterocycles. The van der Waals surface area contributed by atoms with Gasteiger partial charge >= 0.3 is 0 Å². The first-order valence-electron chi connectivity index (χ1n) is 3.92. The predicted octanol–water partition coefficient (Wildman–Crippen LogP) is 2.95. The molecule has 0 bridgehead atoms. The van der Waals surface area contributed by atoms with Crippen LogP contribution < -0.4 is 0 Å². The average molecular weight is 210 g/mol. The van der Waals surface area contributed by atoms with Crippen LogP contribution in [0.15, 0.2) is 30.3 Å². The van der Waals surface area contributed by atoms with Gasteiger partial charge < -0.3 is 0 Å². The number of carbonyl (C=O) groups is 1. The van der Waals surface area contributed by atoms with E-state index in [0.29, 0.717) is 5.75 Å². The normalized spacial score (nSPS) is 9.62. The fourth-order valence-electron chi connectivity index (χ4n) is 0.875. The molecule has 1 rings (SSSR count). The van der Waals surface area contributed by atoms with Gasteiger partial charge in [-0.3, -0.25) is 4.79 Å². The van der Waals surface area contributed by atoms with Gasteiger partial charge in [-0.05, 0) is 6.92 Å². The molecule has 1 aromatic rings. The Morgan fingerprint density at radius 1 is 1.38 bits per heavy atom. The number of rotatable bonds is 3. The van der Waals surface area contributed by atoms with Crippen molar-refractivity contribution in [3.05, 3.63) is 35.9 Å². The number of benzene rings is 1. The molecule has 0 aliphatic rings. The zero-order valence-corrected chi connectivity index (χ0v) is 8.95. The Morgan fingerprint density at radius 3 is 2.54 bits per heavy atom. The molecule has 0 saturated carbocycles. The summed E-state index contributed by atoms with van der Waals surface area (Å²) in [6, 6.07) is 9.27. The van der Waals surface area contributed by atoms with Crippen LogP contribution in [0.3, 0.4) is 0 Å². The fourth-order valence-corrected chi connectivity index (χ4v) is 1.55. The van der Waals surface area contributed by atoms with Crippen molar-refractivity contribution in [3.8, 4) is 0 Å². The number of hydrogen-bond donors (Lipinski definition) is 0. The van der Waals surface area contributed by atoms with Crippen molar-refractivity contribution in [3.63, 3.8) is 0 Å². The van der Waals surface area contributed by atoms with E-state index in [0.717, 1.165) is 9.76 Å². The Hall–Kier alpha value is -0.670. The molecular weight excluding hydrogens is 200 g/mol. The van der Waals surface area contributed by atoms with Gasteiger partial charge in [0.05, 0.1) is 5.75 Å². The highest BCUT2D eigenvalue weighted by Gasteiger charge is 2.04. The van der Waals surface area contributed by atoms with Crippen molar-refractivity contribution in [1.29, 1.82) is 0 Å². The summed E-state index contributed by atoms with van der Waals surface area (Å²) in [5, 5.41) is 0. The molecule has 1 aromatic carbocycles. The van der Waals surface area contributed by atoms with Crippen LogP contribution in [0.2, 0.25) is 0 Å². The Labute approximate surface area is 87.5 Å². The van der Waals surface area contributed by atoms with E-state index < -0.39 is 0 Å². The van der Waals surface area contributed by atoms with E-state index in [9.17, 15) is 4.79 Å². The molecule has 0 spiro atoms.